The maximum Gasteiger partial charge on any atom is 0.177 e. The van der Waals surface area contributed by atoms with Gasteiger partial charge in [0.05, 0.1) is 10.5 Å². The van der Waals surface area contributed by atoms with Gasteiger partial charge in [-0.2, -0.15) is 0 Å². The van der Waals surface area contributed by atoms with E-state index < -0.39 is 5.60 Å². The van der Waals surface area contributed by atoms with E-state index in [0.29, 0.717) is 6.61 Å². The average Bonchev–Trinajstić information content (AvgIpc) is 3.15. The topological polar surface area (TPSA) is 55.5 Å². The predicted molar refractivity (Wildman–Crippen MR) is 85.8 cm³/mol. The minimum atomic E-state index is -0.847. The SMILES string of the molecule is CC(C)(O)c1ccc(OCc2cc(-c3cccs3)on2)cc1. The van der Waals surface area contributed by atoms with Crippen molar-refractivity contribution < 1.29 is 14.4 Å². The molecule has 1 N–H and O–H groups in total. The van der Waals surface area contributed by atoms with Crippen molar-refractivity contribution in [2.24, 2.45) is 0 Å². The van der Waals surface area contributed by atoms with Crippen LogP contribution in [0.5, 0.6) is 5.75 Å². The third-order valence-electron chi connectivity index (χ3n) is 3.27. The summed E-state index contributed by atoms with van der Waals surface area (Å²) in [7, 11) is 0. The van der Waals surface area contributed by atoms with Crippen LogP contribution < -0.4 is 4.74 Å². The van der Waals surface area contributed by atoms with Gasteiger partial charge in [-0.1, -0.05) is 23.4 Å². The summed E-state index contributed by atoms with van der Waals surface area (Å²) in [6.07, 6.45) is 0. The average molecular weight is 315 g/mol. The number of thiophene rings is 1. The molecule has 3 aromatic rings. The highest BCUT2D eigenvalue weighted by Crippen LogP contribution is 2.26. The molecule has 0 saturated heterocycles. The molecule has 0 atom stereocenters. The smallest absolute Gasteiger partial charge is 0.177 e. The van der Waals surface area contributed by atoms with Gasteiger partial charge in [-0.25, -0.2) is 0 Å². The van der Waals surface area contributed by atoms with Gasteiger partial charge in [0, 0.05) is 6.07 Å². The molecule has 22 heavy (non-hydrogen) atoms. The Morgan fingerprint density at radius 1 is 1.23 bits per heavy atom. The number of rotatable bonds is 5. The maximum atomic E-state index is 9.92. The zero-order chi connectivity index (χ0) is 15.6. The van der Waals surface area contributed by atoms with E-state index in [1.807, 2.05) is 47.8 Å². The monoisotopic (exact) mass is 315 g/mol. The third kappa shape index (κ3) is 3.37. The second kappa shape index (κ2) is 5.94. The van der Waals surface area contributed by atoms with Crippen molar-refractivity contribution in [3.8, 4) is 16.4 Å². The number of aliphatic hydroxyl groups is 1. The van der Waals surface area contributed by atoms with Crippen LogP contribution in [0.15, 0.2) is 52.4 Å². The Bertz CT molecular complexity index is 724. The molecule has 0 amide bonds. The predicted octanol–water partition coefficient (Wildman–Crippen LogP) is 4.21. The lowest BCUT2D eigenvalue weighted by atomic mass is 9.99. The zero-order valence-electron chi connectivity index (χ0n) is 12.4. The fourth-order valence-electron chi connectivity index (χ4n) is 2.03. The summed E-state index contributed by atoms with van der Waals surface area (Å²) in [6.45, 7) is 3.85. The van der Waals surface area contributed by atoms with Crippen LogP contribution in [-0.2, 0) is 12.2 Å². The van der Waals surface area contributed by atoms with Gasteiger partial charge in [-0.15, -0.1) is 11.3 Å². The lowest BCUT2D eigenvalue weighted by molar-refractivity contribution is 0.0785. The van der Waals surface area contributed by atoms with E-state index in [2.05, 4.69) is 5.16 Å². The van der Waals surface area contributed by atoms with Gasteiger partial charge in [0.1, 0.15) is 18.1 Å². The van der Waals surface area contributed by atoms with Crippen LogP contribution in [-0.4, -0.2) is 10.3 Å². The largest absolute Gasteiger partial charge is 0.487 e. The summed E-state index contributed by atoms with van der Waals surface area (Å²) in [6, 6.07) is 13.2. The molecular weight excluding hydrogens is 298 g/mol. The molecule has 0 fully saturated rings. The van der Waals surface area contributed by atoms with E-state index >= 15 is 0 Å². The Morgan fingerprint density at radius 3 is 2.64 bits per heavy atom. The summed E-state index contributed by atoms with van der Waals surface area (Å²) in [4.78, 5) is 1.05. The molecule has 0 bridgehead atoms. The Kier molecular flexibility index (Phi) is 4.00. The lowest BCUT2D eigenvalue weighted by Gasteiger charge is -2.17. The molecule has 0 saturated carbocycles. The Morgan fingerprint density at radius 2 is 2.00 bits per heavy atom. The molecule has 0 spiro atoms. The van der Waals surface area contributed by atoms with E-state index in [4.69, 9.17) is 9.26 Å². The number of hydrogen-bond donors (Lipinski definition) is 1. The Balaban J connectivity index is 1.63. The Labute approximate surface area is 133 Å². The van der Waals surface area contributed by atoms with Crippen molar-refractivity contribution in [1.29, 1.82) is 0 Å². The quantitative estimate of drug-likeness (QED) is 0.766. The van der Waals surface area contributed by atoms with Crippen molar-refractivity contribution in [1.82, 2.24) is 5.16 Å². The molecule has 0 aliphatic rings. The van der Waals surface area contributed by atoms with Crippen molar-refractivity contribution in [2.45, 2.75) is 26.1 Å². The highest BCUT2D eigenvalue weighted by Gasteiger charge is 2.15. The van der Waals surface area contributed by atoms with Gasteiger partial charge in [0.2, 0.25) is 0 Å². The van der Waals surface area contributed by atoms with Crippen molar-refractivity contribution in [2.75, 3.05) is 0 Å². The number of nitrogens with zero attached hydrogens (tertiary/aromatic N) is 1. The fourth-order valence-corrected chi connectivity index (χ4v) is 2.70. The fraction of sp³-hybridized carbons (Fsp3) is 0.235. The van der Waals surface area contributed by atoms with Crippen molar-refractivity contribution >= 4 is 11.3 Å². The summed E-state index contributed by atoms with van der Waals surface area (Å²) in [5.41, 5.74) is 0.747. The van der Waals surface area contributed by atoms with Crippen molar-refractivity contribution in [3.05, 3.63) is 59.1 Å². The van der Waals surface area contributed by atoms with E-state index in [-0.39, 0.29) is 0 Å². The van der Waals surface area contributed by atoms with E-state index in [1.54, 1.807) is 25.2 Å². The molecule has 0 aliphatic heterocycles. The van der Waals surface area contributed by atoms with Gasteiger partial charge in [0.25, 0.3) is 0 Å². The molecule has 0 aliphatic carbocycles. The molecular formula is C17H17NO3S. The van der Waals surface area contributed by atoms with Gasteiger partial charge in [-0.05, 0) is 43.0 Å². The highest BCUT2D eigenvalue weighted by atomic mass is 32.1. The molecule has 1 aromatic carbocycles. The van der Waals surface area contributed by atoms with Crippen LogP contribution in [0.4, 0.5) is 0 Å². The molecule has 0 radical (unpaired) electrons. The first-order valence-electron chi connectivity index (χ1n) is 6.97. The molecule has 2 aromatic heterocycles. The second-order valence-electron chi connectivity index (χ2n) is 5.53. The van der Waals surface area contributed by atoms with Gasteiger partial charge >= 0.3 is 0 Å². The minimum Gasteiger partial charge on any atom is -0.487 e. The normalized spacial score (nSPS) is 11.6. The van der Waals surface area contributed by atoms with Crippen LogP contribution in [0, 0.1) is 0 Å². The molecule has 114 valence electrons. The van der Waals surface area contributed by atoms with E-state index in [1.165, 1.54) is 0 Å². The standard InChI is InChI=1S/C17H17NO3S/c1-17(2,19)12-5-7-14(8-6-12)20-11-13-10-15(21-18-13)16-4-3-9-22-16/h3-10,19H,11H2,1-2H3. The van der Waals surface area contributed by atoms with Crippen LogP contribution >= 0.6 is 11.3 Å². The second-order valence-corrected chi connectivity index (χ2v) is 6.48. The summed E-state index contributed by atoms with van der Waals surface area (Å²) < 4.78 is 11.0. The van der Waals surface area contributed by atoms with Crippen LogP contribution in [0.2, 0.25) is 0 Å². The summed E-state index contributed by atoms with van der Waals surface area (Å²) >= 11 is 1.61. The van der Waals surface area contributed by atoms with Crippen LogP contribution in [0.1, 0.15) is 25.1 Å². The lowest BCUT2D eigenvalue weighted by Crippen LogP contribution is -2.14. The third-order valence-corrected chi connectivity index (χ3v) is 4.15. The molecule has 2 heterocycles. The summed E-state index contributed by atoms with van der Waals surface area (Å²) in [5, 5.41) is 15.9. The molecule has 3 rings (SSSR count). The van der Waals surface area contributed by atoms with Crippen molar-refractivity contribution in [3.63, 3.8) is 0 Å². The van der Waals surface area contributed by atoms with Gasteiger partial charge in [0.15, 0.2) is 5.76 Å². The first kappa shape index (κ1) is 14.8. The first-order chi connectivity index (χ1) is 10.5. The number of ether oxygens (including phenoxy) is 1. The number of hydrogen-bond acceptors (Lipinski definition) is 5. The molecule has 0 unspecified atom stereocenters. The summed E-state index contributed by atoms with van der Waals surface area (Å²) in [5.74, 6) is 1.49. The zero-order valence-corrected chi connectivity index (χ0v) is 13.3. The first-order valence-corrected chi connectivity index (χ1v) is 7.85. The minimum absolute atomic E-state index is 0.344. The molecule has 4 nitrogen and oxygen atoms in total. The van der Waals surface area contributed by atoms with Gasteiger partial charge < -0.3 is 14.4 Å². The van der Waals surface area contributed by atoms with Crippen LogP contribution in [0.25, 0.3) is 10.6 Å². The maximum absolute atomic E-state index is 9.92. The Hall–Kier alpha value is -2.11. The number of benzene rings is 1. The number of aromatic nitrogens is 1. The van der Waals surface area contributed by atoms with E-state index in [0.717, 1.165) is 27.6 Å². The van der Waals surface area contributed by atoms with Gasteiger partial charge in [-0.3, -0.25) is 0 Å². The van der Waals surface area contributed by atoms with E-state index in [9.17, 15) is 5.11 Å². The van der Waals surface area contributed by atoms with Crippen LogP contribution in [0.3, 0.4) is 0 Å². The highest BCUT2D eigenvalue weighted by molar-refractivity contribution is 7.13. The molecule has 5 heteroatoms.